The van der Waals surface area contributed by atoms with Gasteiger partial charge < -0.3 is 9.84 Å². The smallest absolute Gasteiger partial charge is 0.331 e. The molecule has 1 unspecified atom stereocenters. The highest BCUT2D eigenvalue weighted by Crippen LogP contribution is 2.23. The van der Waals surface area contributed by atoms with Gasteiger partial charge in [0.25, 0.3) is 0 Å². The number of hydrogen-bond acceptors (Lipinski definition) is 3. The molecule has 24 heavy (non-hydrogen) atoms. The van der Waals surface area contributed by atoms with Crippen LogP contribution in [-0.2, 0) is 14.5 Å². The Labute approximate surface area is 143 Å². The molecule has 0 saturated heterocycles. The van der Waals surface area contributed by atoms with Gasteiger partial charge in [-0.2, -0.15) is 4.40 Å². The van der Waals surface area contributed by atoms with Gasteiger partial charge in [-0.15, -0.1) is 0 Å². The van der Waals surface area contributed by atoms with E-state index in [-0.39, 0.29) is 5.57 Å². The number of rotatable bonds is 6. The van der Waals surface area contributed by atoms with Crippen LogP contribution in [-0.4, -0.2) is 34.0 Å². The fourth-order valence-corrected chi connectivity index (χ4v) is 3.62. The average molecular weight is 349 g/mol. The van der Waals surface area contributed by atoms with Gasteiger partial charge in [-0.1, -0.05) is 6.07 Å². The maximum atomic E-state index is 12.9. The third-order valence-electron chi connectivity index (χ3n) is 3.25. The Hall–Kier alpha value is -2.34. The van der Waals surface area contributed by atoms with Crippen molar-refractivity contribution in [2.45, 2.75) is 32.6 Å². The first-order chi connectivity index (χ1) is 11.1. The number of ether oxygens (including phenoxy) is 1. The highest BCUT2D eigenvalue weighted by atomic mass is 32.2. The van der Waals surface area contributed by atoms with Gasteiger partial charge in [0.05, 0.1) is 21.7 Å². The van der Waals surface area contributed by atoms with E-state index in [1.165, 1.54) is 20.1 Å². The number of aliphatic carboxylic acids is 1. The molecule has 0 aliphatic heterocycles. The van der Waals surface area contributed by atoms with Crippen molar-refractivity contribution in [1.29, 1.82) is 0 Å². The molecule has 1 atom stereocenters. The highest BCUT2D eigenvalue weighted by Gasteiger charge is 2.11. The Morgan fingerprint density at radius 3 is 2.46 bits per heavy atom. The van der Waals surface area contributed by atoms with Gasteiger partial charge in [0.1, 0.15) is 5.75 Å². The van der Waals surface area contributed by atoms with E-state index in [1.807, 2.05) is 13.0 Å². The molecule has 1 aromatic carbocycles. The van der Waals surface area contributed by atoms with Crippen LogP contribution in [0.5, 0.6) is 5.75 Å². The Morgan fingerprint density at radius 1 is 1.29 bits per heavy atom. The molecule has 0 aromatic heterocycles. The molecule has 5 nitrogen and oxygen atoms in total. The second-order valence-corrected chi connectivity index (χ2v) is 7.43. The monoisotopic (exact) mass is 349 g/mol. The molecule has 0 spiro atoms. The van der Waals surface area contributed by atoms with Gasteiger partial charge >= 0.3 is 5.97 Å². The molecular weight excluding hydrogens is 326 g/mol. The number of methoxy groups -OCH3 is 1. The summed E-state index contributed by atoms with van der Waals surface area (Å²) in [4.78, 5) is 11.4. The molecule has 0 aliphatic rings. The summed E-state index contributed by atoms with van der Waals surface area (Å²) in [6.45, 7) is 6.81. The van der Waals surface area contributed by atoms with Crippen molar-refractivity contribution in [3.8, 4) is 5.75 Å². The van der Waals surface area contributed by atoms with Gasteiger partial charge in [0.15, 0.2) is 0 Å². The molecule has 0 amide bonds. The van der Waals surface area contributed by atoms with Crippen molar-refractivity contribution in [2.75, 3.05) is 7.11 Å². The normalized spacial score (nSPS) is 15.8. The zero-order chi connectivity index (χ0) is 18.5. The first-order valence-electron chi connectivity index (χ1n) is 7.25. The topological polar surface area (TPSA) is 76.0 Å². The first kappa shape index (κ1) is 19.7. The van der Waals surface area contributed by atoms with Crippen molar-refractivity contribution in [3.63, 3.8) is 0 Å². The van der Waals surface area contributed by atoms with Crippen molar-refractivity contribution >= 4 is 27.3 Å². The molecule has 1 aromatic rings. The van der Waals surface area contributed by atoms with Crippen LogP contribution in [0.3, 0.4) is 0 Å². The molecule has 130 valence electrons. The lowest BCUT2D eigenvalue weighted by molar-refractivity contribution is -0.132. The van der Waals surface area contributed by atoms with Gasteiger partial charge in [-0.3, -0.25) is 0 Å². The van der Waals surface area contributed by atoms with Crippen LogP contribution in [0.1, 0.15) is 26.3 Å². The largest absolute Gasteiger partial charge is 0.497 e. The number of carboxylic acid groups (broad SMARTS) is 1. The van der Waals surface area contributed by atoms with Gasteiger partial charge in [0.2, 0.25) is 0 Å². The molecule has 6 heteroatoms. The number of aryl methyl sites for hydroxylation is 1. The lowest BCUT2D eigenvalue weighted by Gasteiger charge is -2.10. The van der Waals surface area contributed by atoms with Crippen molar-refractivity contribution in [2.24, 2.45) is 4.40 Å². The quantitative estimate of drug-likeness (QED) is 0.369. The Morgan fingerprint density at radius 2 is 1.92 bits per heavy atom. The van der Waals surface area contributed by atoms with Crippen LogP contribution in [0.15, 0.2) is 50.8 Å². The molecule has 0 fully saturated rings. The summed E-state index contributed by atoms with van der Waals surface area (Å²) in [6, 6.07) is 5.27. The first-order valence-corrected chi connectivity index (χ1v) is 8.93. The molecular formula is C18H23NO4S. The molecule has 0 heterocycles. The Balaban J connectivity index is 3.23. The maximum absolute atomic E-state index is 12.9. The van der Waals surface area contributed by atoms with E-state index >= 15 is 0 Å². The van der Waals surface area contributed by atoms with E-state index in [0.29, 0.717) is 21.9 Å². The van der Waals surface area contributed by atoms with Crippen molar-refractivity contribution in [1.82, 2.24) is 0 Å². The number of benzene rings is 1. The molecule has 1 rings (SSSR count). The number of allylic oxidation sites excluding steroid dienone is 3. The number of carbonyl (C=O) groups is 1. The number of hydrogen-bond donors (Lipinski definition) is 1. The SMILES string of the molecule is C=S(=O)(N=C(C)/C=C(C)/C=C(\C)C(=O)O)c1cc(OC)ccc1C. The number of nitrogens with zero attached hydrogens (tertiary/aromatic N) is 1. The highest BCUT2D eigenvalue weighted by molar-refractivity contribution is 7.99. The molecule has 1 N–H and O–H groups in total. The molecule has 0 saturated carbocycles. The minimum absolute atomic E-state index is 0.218. The summed E-state index contributed by atoms with van der Waals surface area (Å²) < 4.78 is 22.3. The van der Waals surface area contributed by atoms with Crippen LogP contribution in [0, 0.1) is 6.92 Å². The van der Waals surface area contributed by atoms with E-state index in [1.54, 1.807) is 32.1 Å². The number of carboxylic acids is 1. The summed E-state index contributed by atoms with van der Waals surface area (Å²) in [5.41, 5.74) is 2.24. The van der Waals surface area contributed by atoms with E-state index in [4.69, 9.17) is 9.84 Å². The van der Waals surface area contributed by atoms with Crippen LogP contribution in [0.25, 0.3) is 0 Å². The zero-order valence-corrected chi connectivity index (χ0v) is 15.4. The fraction of sp³-hybridized carbons (Fsp3) is 0.278. The van der Waals surface area contributed by atoms with Crippen molar-refractivity contribution < 1.29 is 18.8 Å². The Kier molecular flexibility index (Phi) is 6.54. The third kappa shape index (κ3) is 5.38. The van der Waals surface area contributed by atoms with Crippen LogP contribution in [0.4, 0.5) is 0 Å². The van der Waals surface area contributed by atoms with Crippen molar-refractivity contribution in [3.05, 3.63) is 47.1 Å². The lowest BCUT2D eigenvalue weighted by atomic mass is 10.1. The van der Waals surface area contributed by atoms with Crippen LogP contribution >= 0.6 is 0 Å². The fourth-order valence-electron chi connectivity index (χ4n) is 2.13. The average Bonchev–Trinajstić information content (AvgIpc) is 2.46. The summed E-state index contributed by atoms with van der Waals surface area (Å²) in [6.07, 6.45) is 3.20. The third-order valence-corrected chi connectivity index (χ3v) is 4.96. The minimum atomic E-state index is -2.89. The van der Waals surface area contributed by atoms with Crippen LogP contribution in [0.2, 0.25) is 0 Å². The summed E-state index contributed by atoms with van der Waals surface area (Å²) in [5, 5.41) is 8.89. The molecule has 0 radical (unpaired) electrons. The lowest BCUT2D eigenvalue weighted by Crippen LogP contribution is -2.03. The maximum Gasteiger partial charge on any atom is 0.331 e. The second kappa shape index (κ2) is 7.97. The van der Waals surface area contributed by atoms with E-state index in [9.17, 15) is 9.00 Å². The predicted molar refractivity (Wildman–Crippen MR) is 99.5 cm³/mol. The second-order valence-electron chi connectivity index (χ2n) is 5.53. The van der Waals surface area contributed by atoms with E-state index in [0.717, 1.165) is 5.56 Å². The zero-order valence-electron chi connectivity index (χ0n) is 14.6. The standard InChI is InChI=1S/C18H23NO4S/c1-12(9-14(3)18(20)21)10-15(4)19-24(6,22)17-11-16(23-5)8-7-13(17)2/h7-11H,6H2,1-5H3,(H,20,21)/b12-10+,14-9+,19-15?. The molecule has 0 bridgehead atoms. The van der Waals surface area contributed by atoms with Crippen LogP contribution < -0.4 is 4.74 Å². The van der Waals surface area contributed by atoms with E-state index in [2.05, 4.69) is 10.3 Å². The van der Waals surface area contributed by atoms with Gasteiger partial charge in [0, 0.05) is 11.3 Å². The summed E-state index contributed by atoms with van der Waals surface area (Å²) in [5.74, 6) is 3.37. The molecule has 0 aliphatic carbocycles. The summed E-state index contributed by atoms with van der Waals surface area (Å²) in [7, 11) is -1.35. The predicted octanol–water partition coefficient (Wildman–Crippen LogP) is 3.43. The van der Waals surface area contributed by atoms with E-state index < -0.39 is 15.7 Å². The Bertz CT molecular complexity index is 831. The summed E-state index contributed by atoms with van der Waals surface area (Å²) >= 11 is 0. The van der Waals surface area contributed by atoms with Gasteiger partial charge in [-0.25, -0.2) is 9.00 Å². The minimum Gasteiger partial charge on any atom is -0.497 e. The van der Waals surface area contributed by atoms with Gasteiger partial charge in [-0.05, 0) is 69.0 Å².